The number of fused-ring (bicyclic) bond motifs is 2. The van der Waals surface area contributed by atoms with Crippen LogP contribution in [-0.2, 0) is 23.1 Å². The van der Waals surface area contributed by atoms with Gasteiger partial charge in [0, 0.05) is 31.3 Å². The van der Waals surface area contributed by atoms with Crippen molar-refractivity contribution in [1.29, 1.82) is 0 Å². The molecule has 158 valence electrons. The van der Waals surface area contributed by atoms with Crippen molar-refractivity contribution in [1.82, 2.24) is 10.6 Å². The highest BCUT2D eigenvalue weighted by Crippen LogP contribution is 2.43. The van der Waals surface area contributed by atoms with Gasteiger partial charge in [0.25, 0.3) is 11.8 Å². The van der Waals surface area contributed by atoms with Gasteiger partial charge in [-0.25, -0.2) is 0 Å². The van der Waals surface area contributed by atoms with Crippen LogP contribution >= 0.6 is 0 Å². The number of carbonyl (C=O) groups is 3. The Bertz CT molecular complexity index is 946. The minimum atomic E-state index is -1.14. The van der Waals surface area contributed by atoms with E-state index in [2.05, 4.69) is 10.6 Å². The maximum absolute atomic E-state index is 13.0. The second-order valence-corrected chi connectivity index (χ2v) is 7.85. The lowest BCUT2D eigenvalue weighted by Gasteiger charge is -2.35. The third-order valence-corrected chi connectivity index (χ3v) is 5.82. The summed E-state index contributed by atoms with van der Waals surface area (Å²) in [6.45, 7) is 1.84. The molecule has 0 unspecified atom stereocenters. The summed E-state index contributed by atoms with van der Waals surface area (Å²) in [5, 5.41) is 5.26. The van der Waals surface area contributed by atoms with Gasteiger partial charge in [0.15, 0.2) is 0 Å². The maximum atomic E-state index is 13.0. The fourth-order valence-electron chi connectivity index (χ4n) is 4.49. The summed E-state index contributed by atoms with van der Waals surface area (Å²) in [7, 11) is 3.15. The molecule has 7 heteroatoms. The zero-order valence-electron chi connectivity index (χ0n) is 17.5. The van der Waals surface area contributed by atoms with Gasteiger partial charge in [-0.2, -0.15) is 0 Å². The van der Waals surface area contributed by atoms with Crippen LogP contribution in [0.4, 0.5) is 0 Å². The molecular weight excluding hydrogens is 380 g/mol. The number of hydrogen-bond donors (Lipinski definition) is 4. The summed E-state index contributed by atoms with van der Waals surface area (Å²) in [6.07, 6.45) is 1.54. The second-order valence-electron chi connectivity index (χ2n) is 7.85. The van der Waals surface area contributed by atoms with Gasteiger partial charge in [-0.1, -0.05) is 12.1 Å². The molecule has 2 aromatic rings. The maximum Gasteiger partial charge on any atom is 0.251 e. The van der Waals surface area contributed by atoms with Gasteiger partial charge in [-0.3, -0.25) is 14.4 Å². The van der Waals surface area contributed by atoms with Crippen molar-refractivity contribution in [3.05, 3.63) is 69.8 Å². The standard InChI is InChI=1S/C23H28N4O3/c1-13(24)12-23(22(25)30)18-8-6-16(20(28)26-2)10-14(18)4-5-15-11-17(21(29)27-3)7-9-19(15)23/h6-11,13H,4-5,12,24H2,1-3H3,(H2,25,30)(H,26,28)(H,27,29)/t13-/m0/s1. The Hall–Kier alpha value is -3.19. The van der Waals surface area contributed by atoms with Crippen LogP contribution in [0.3, 0.4) is 0 Å². The van der Waals surface area contributed by atoms with Gasteiger partial charge in [-0.05, 0) is 72.7 Å². The lowest BCUT2D eigenvalue weighted by atomic mass is 9.68. The SMILES string of the molecule is CNC(=O)c1ccc2c(c1)CCc1cc(C(=O)NC)ccc1C2(C[C@H](C)N)C(N)=O. The van der Waals surface area contributed by atoms with E-state index in [1.807, 2.05) is 31.2 Å². The summed E-state index contributed by atoms with van der Waals surface area (Å²) in [5.41, 5.74) is 15.4. The van der Waals surface area contributed by atoms with Crippen molar-refractivity contribution in [3.8, 4) is 0 Å². The second kappa shape index (κ2) is 8.28. The van der Waals surface area contributed by atoms with E-state index in [-0.39, 0.29) is 17.9 Å². The molecule has 0 bridgehead atoms. The van der Waals surface area contributed by atoms with Crippen LogP contribution in [0.25, 0.3) is 0 Å². The van der Waals surface area contributed by atoms with Crippen molar-refractivity contribution in [2.45, 2.75) is 37.6 Å². The molecule has 0 fully saturated rings. The number of hydrogen-bond acceptors (Lipinski definition) is 4. The largest absolute Gasteiger partial charge is 0.369 e. The Morgan fingerprint density at radius 2 is 1.37 bits per heavy atom. The quantitative estimate of drug-likeness (QED) is 0.589. The average Bonchev–Trinajstić information content (AvgIpc) is 2.87. The number of rotatable bonds is 5. The molecule has 1 aliphatic rings. The molecule has 1 atom stereocenters. The van der Waals surface area contributed by atoms with E-state index < -0.39 is 11.3 Å². The van der Waals surface area contributed by atoms with Crippen molar-refractivity contribution < 1.29 is 14.4 Å². The number of aryl methyl sites for hydroxylation is 2. The molecule has 0 spiro atoms. The molecule has 0 aliphatic heterocycles. The number of amides is 3. The normalized spacial score (nSPS) is 15.2. The predicted molar refractivity (Wildman–Crippen MR) is 115 cm³/mol. The van der Waals surface area contributed by atoms with Crippen LogP contribution in [0, 0.1) is 0 Å². The summed E-state index contributed by atoms with van der Waals surface area (Å²) in [6, 6.07) is 10.4. The van der Waals surface area contributed by atoms with Crippen LogP contribution in [-0.4, -0.2) is 37.9 Å². The first kappa shape index (κ1) is 21.5. The third-order valence-electron chi connectivity index (χ3n) is 5.82. The van der Waals surface area contributed by atoms with E-state index in [9.17, 15) is 14.4 Å². The van der Waals surface area contributed by atoms with Gasteiger partial charge >= 0.3 is 0 Å². The highest BCUT2D eigenvalue weighted by atomic mass is 16.2. The molecular formula is C23H28N4O3. The Balaban J connectivity index is 2.30. The number of benzene rings is 2. The van der Waals surface area contributed by atoms with Gasteiger partial charge in [0.05, 0.1) is 0 Å². The van der Waals surface area contributed by atoms with Crippen LogP contribution < -0.4 is 22.1 Å². The molecule has 3 amide bonds. The molecule has 7 nitrogen and oxygen atoms in total. The smallest absolute Gasteiger partial charge is 0.251 e. The van der Waals surface area contributed by atoms with E-state index >= 15 is 0 Å². The highest BCUT2D eigenvalue weighted by Gasteiger charge is 2.45. The molecule has 1 aliphatic carbocycles. The molecule has 6 N–H and O–H groups in total. The molecule has 30 heavy (non-hydrogen) atoms. The number of carbonyl (C=O) groups excluding carboxylic acids is 3. The van der Waals surface area contributed by atoms with E-state index in [4.69, 9.17) is 11.5 Å². The zero-order chi connectivity index (χ0) is 22.1. The van der Waals surface area contributed by atoms with Gasteiger partial charge in [-0.15, -0.1) is 0 Å². The lowest BCUT2D eigenvalue weighted by molar-refractivity contribution is -0.122. The van der Waals surface area contributed by atoms with E-state index in [1.165, 1.54) is 0 Å². The first-order valence-corrected chi connectivity index (χ1v) is 10.0. The van der Waals surface area contributed by atoms with Crippen molar-refractivity contribution in [3.63, 3.8) is 0 Å². The number of nitrogens with one attached hydrogen (secondary N) is 2. The van der Waals surface area contributed by atoms with Crippen LogP contribution in [0.5, 0.6) is 0 Å². The minimum Gasteiger partial charge on any atom is -0.369 e. The van der Waals surface area contributed by atoms with Crippen molar-refractivity contribution >= 4 is 17.7 Å². The molecule has 0 radical (unpaired) electrons. The Labute approximate surface area is 176 Å². The molecule has 0 aromatic heterocycles. The molecule has 2 aromatic carbocycles. The predicted octanol–water partition coefficient (Wildman–Crippen LogP) is 1.01. The number of nitrogens with two attached hydrogens (primary N) is 2. The fourth-order valence-corrected chi connectivity index (χ4v) is 4.49. The van der Waals surface area contributed by atoms with Crippen LogP contribution in [0.15, 0.2) is 36.4 Å². The Kier molecular flexibility index (Phi) is 5.94. The Morgan fingerprint density at radius 1 is 0.933 bits per heavy atom. The molecule has 3 rings (SSSR count). The van der Waals surface area contributed by atoms with E-state index in [1.54, 1.807) is 26.2 Å². The van der Waals surface area contributed by atoms with Crippen molar-refractivity contribution in [2.75, 3.05) is 14.1 Å². The summed E-state index contributed by atoms with van der Waals surface area (Å²) < 4.78 is 0. The third kappa shape index (κ3) is 3.57. The molecule has 0 saturated heterocycles. The van der Waals surface area contributed by atoms with Crippen LogP contribution in [0.2, 0.25) is 0 Å². The van der Waals surface area contributed by atoms with Gasteiger partial charge in [0.2, 0.25) is 5.91 Å². The summed E-state index contributed by atoms with van der Waals surface area (Å²) in [4.78, 5) is 37.4. The first-order chi connectivity index (χ1) is 14.2. The molecule has 0 heterocycles. The monoisotopic (exact) mass is 408 g/mol. The molecule has 0 saturated carbocycles. The van der Waals surface area contributed by atoms with Gasteiger partial charge in [0.1, 0.15) is 5.41 Å². The van der Waals surface area contributed by atoms with E-state index in [0.29, 0.717) is 30.4 Å². The average molecular weight is 409 g/mol. The number of primary amides is 1. The zero-order valence-corrected chi connectivity index (χ0v) is 17.5. The van der Waals surface area contributed by atoms with Gasteiger partial charge < -0.3 is 22.1 Å². The Morgan fingerprint density at radius 3 is 1.70 bits per heavy atom. The van der Waals surface area contributed by atoms with E-state index in [0.717, 1.165) is 22.3 Å². The van der Waals surface area contributed by atoms with Crippen LogP contribution in [0.1, 0.15) is 56.3 Å². The lowest BCUT2D eigenvalue weighted by Crippen LogP contribution is -2.46. The van der Waals surface area contributed by atoms with Crippen molar-refractivity contribution in [2.24, 2.45) is 11.5 Å². The fraction of sp³-hybridized carbons (Fsp3) is 0.348. The highest BCUT2D eigenvalue weighted by molar-refractivity contribution is 5.97. The minimum absolute atomic E-state index is 0.196. The summed E-state index contributed by atoms with van der Waals surface area (Å²) in [5.74, 6) is -0.888. The summed E-state index contributed by atoms with van der Waals surface area (Å²) >= 11 is 0. The first-order valence-electron chi connectivity index (χ1n) is 10.0. The topological polar surface area (TPSA) is 127 Å².